The third-order valence-corrected chi connectivity index (χ3v) is 6.36. The molecule has 0 aliphatic heterocycles. The lowest BCUT2D eigenvalue weighted by Gasteiger charge is -2.28. The number of aryl methyl sites for hydroxylation is 1. The van der Waals surface area contributed by atoms with Gasteiger partial charge in [0, 0.05) is 17.3 Å². The molecule has 4 rings (SSSR count). The number of carbonyl (C=O) groups excluding carboxylic acids is 1. The molecule has 1 aliphatic carbocycles. The Kier molecular flexibility index (Phi) is 6.34. The molecule has 152 valence electrons. The minimum absolute atomic E-state index is 0.0875. The SMILES string of the molecule is CCCc1nc(CNC(=O)C2CCC(Nc3cnc4ccccc4n3)CC2)cs1. The van der Waals surface area contributed by atoms with E-state index in [2.05, 4.69) is 37.9 Å². The molecule has 0 atom stereocenters. The first-order valence-corrected chi connectivity index (χ1v) is 11.3. The van der Waals surface area contributed by atoms with Gasteiger partial charge in [-0.15, -0.1) is 11.3 Å². The molecule has 7 heteroatoms. The molecule has 1 saturated carbocycles. The van der Waals surface area contributed by atoms with Crippen LogP contribution in [0.4, 0.5) is 5.82 Å². The van der Waals surface area contributed by atoms with E-state index in [0.717, 1.165) is 66.1 Å². The Bertz CT molecular complexity index is 965. The van der Waals surface area contributed by atoms with E-state index in [1.807, 2.05) is 24.3 Å². The van der Waals surface area contributed by atoms with E-state index in [9.17, 15) is 4.79 Å². The van der Waals surface area contributed by atoms with Gasteiger partial charge in [0.15, 0.2) is 0 Å². The molecule has 0 saturated heterocycles. The van der Waals surface area contributed by atoms with Gasteiger partial charge in [-0.1, -0.05) is 19.1 Å². The topological polar surface area (TPSA) is 79.8 Å². The molecule has 3 aromatic rings. The van der Waals surface area contributed by atoms with Crippen molar-refractivity contribution >= 4 is 34.1 Å². The molecule has 2 N–H and O–H groups in total. The number of thiazole rings is 1. The van der Waals surface area contributed by atoms with Gasteiger partial charge in [0.05, 0.1) is 34.5 Å². The number of anilines is 1. The van der Waals surface area contributed by atoms with Crippen LogP contribution >= 0.6 is 11.3 Å². The van der Waals surface area contributed by atoms with Gasteiger partial charge < -0.3 is 10.6 Å². The number of nitrogens with zero attached hydrogens (tertiary/aromatic N) is 3. The molecule has 1 aromatic carbocycles. The summed E-state index contributed by atoms with van der Waals surface area (Å²) in [5.74, 6) is 1.05. The van der Waals surface area contributed by atoms with Crippen molar-refractivity contribution in [2.45, 2.75) is 58.0 Å². The zero-order valence-electron chi connectivity index (χ0n) is 16.7. The predicted octanol–water partition coefficient (Wildman–Crippen LogP) is 4.33. The summed E-state index contributed by atoms with van der Waals surface area (Å²) in [7, 11) is 0. The number of rotatable bonds is 7. The molecular weight excluding hydrogens is 382 g/mol. The molecule has 0 bridgehead atoms. The van der Waals surface area contributed by atoms with Gasteiger partial charge in [-0.25, -0.2) is 9.97 Å². The average molecular weight is 410 g/mol. The van der Waals surface area contributed by atoms with Crippen LogP contribution in [0.5, 0.6) is 0 Å². The van der Waals surface area contributed by atoms with E-state index < -0.39 is 0 Å². The van der Waals surface area contributed by atoms with E-state index in [-0.39, 0.29) is 11.8 Å². The molecule has 2 heterocycles. The smallest absolute Gasteiger partial charge is 0.223 e. The molecule has 0 radical (unpaired) electrons. The van der Waals surface area contributed by atoms with Gasteiger partial charge in [0.2, 0.25) is 5.91 Å². The van der Waals surface area contributed by atoms with Crippen LogP contribution in [-0.2, 0) is 17.8 Å². The van der Waals surface area contributed by atoms with Crippen molar-refractivity contribution in [2.24, 2.45) is 5.92 Å². The fourth-order valence-electron chi connectivity index (χ4n) is 3.82. The van der Waals surface area contributed by atoms with Crippen molar-refractivity contribution in [2.75, 3.05) is 5.32 Å². The Morgan fingerprint density at radius 3 is 2.72 bits per heavy atom. The van der Waals surface area contributed by atoms with Gasteiger partial charge in [-0.05, 0) is 50.7 Å². The Balaban J connectivity index is 1.24. The number of nitrogens with one attached hydrogen (secondary N) is 2. The highest BCUT2D eigenvalue weighted by atomic mass is 32.1. The van der Waals surface area contributed by atoms with E-state index >= 15 is 0 Å². The Labute approximate surface area is 175 Å². The van der Waals surface area contributed by atoms with Crippen LogP contribution in [0.25, 0.3) is 11.0 Å². The van der Waals surface area contributed by atoms with E-state index in [1.54, 1.807) is 17.5 Å². The van der Waals surface area contributed by atoms with Crippen molar-refractivity contribution in [1.29, 1.82) is 0 Å². The predicted molar refractivity (Wildman–Crippen MR) is 117 cm³/mol. The summed E-state index contributed by atoms with van der Waals surface area (Å²) >= 11 is 1.68. The van der Waals surface area contributed by atoms with E-state index in [4.69, 9.17) is 0 Å². The summed E-state index contributed by atoms with van der Waals surface area (Å²) in [6, 6.07) is 8.22. The summed E-state index contributed by atoms with van der Waals surface area (Å²) in [6.45, 7) is 2.69. The highest BCUT2D eigenvalue weighted by Gasteiger charge is 2.26. The van der Waals surface area contributed by atoms with Crippen LogP contribution in [0.2, 0.25) is 0 Å². The van der Waals surface area contributed by atoms with Crippen LogP contribution in [0.1, 0.15) is 49.7 Å². The molecule has 0 unspecified atom stereocenters. The number of fused-ring (bicyclic) bond motifs is 1. The monoisotopic (exact) mass is 409 g/mol. The van der Waals surface area contributed by atoms with Gasteiger partial charge in [-0.3, -0.25) is 9.78 Å². The Morgan fingerprint density at radius 2 is 1.93 bits per heavy atom. The second-order valence-electron chi connectivity index (χ2n) is 7.64. The van der Waals surface area contributed by atoms with Gasteiger partial charge in [0.1, 0.15) is 5.82 Å². The third kappa shape index (κ3) is 5.09. The largest absolute Gasteiger partial charge is 0.366 e. The minimum Gasteiger partial charge on any atom is -0.366 e. The van der Waals surface area contributed by atoms with Crippen molar-refractivity contribution in [3.63, 3.8) is 0 Å². The zero-order valence-corrected chi connectivity index (χ0v) is 17.5. The lowest BCUT2D eigenvalue weighted by atomic mass is 9.85. The molecule has 1 amide bonds. The van der Waals surface area contributed by atoms with Crippen molar-refractivity contribution in [3.05, 3.63) is 46.5 Å². The maximum atomic E-state index is 12.5. The molecule has 1 fully saturated rings. The maximum absolute atomic E-state index is 12.5. The molecular formula is C22H27N5OS. The average Bonchev–Trinajstić information content (AvgIpc) is 3.20. The zero-order chi connectivity index (χ0) is 20.1. The lowest BCUT2D eigenvalue weighted by molar-refractivity contribution is -0.126. The van der Waals surface area contributed by atoms with Gasteiger partial charge in [-0.2, -0.15) is 0 Å². The first-order valence-electron chi connectivity index (χ1n) is 10.4. The van der Waals surface area contributed by atoms with Crippen LogP contribution in [0.15, 0.2) is 35.8 Å². The van der Waals surface area contributed by atoms with Crippen LogP contribution in [0.3, 0.4) is 0 Å². The number of carbonyl (C=O) groups is 1. The van der Waals surface area contributed by atoms with E-state index in [1.165, 1.54) is 0 Å². The summed E-state index contributed by atoms with van der Waals surface area (Å²) in [5.41, 5.74) is 2.77. The fraction of sp³-hybridized carbons (Fsp3) is 0.455. The second-order valence-corrected chi connectivity index (χ2v) is 8.58. The standard InChI is InChI=1S/C22H27N5OS/c1-2-5-21-26-17(14-29-21)12-24-22(28)15-8-10-16(11-9-15)25-20-13-23-18-6-3-4-7-19(18)27-20/h3-4,6-7,13-16H,2,5,8-12H2,1H3,(H,24,28)(H,25,27). The maximum Gasteiger partial charge on any atom is 0.223 e. The number of benzene rings is 1. The molecule has 6 nitrogen and oxygen atoms in total. The molecule has 29 heavy (non-hydrogen) atoms. The summed E-state index contributed by atoms with van der Waals surface area (Å²) in [5, 5.41) is 9.77. The normalized spacial score (nSPS) is 19.2. The number of para-hydroxylation sites is 2. The number of hydrogen-bond donors (Lipinski definition) is 2. The van der Waals surface area contributed by atoms with Crippen molar-refractivity contribution < 1.29 is 4.79 Å². The summed E-state index contributed by atoms with van der Waals surface area (Å²) < 4.78 is 0. The second kappa shape index (κ2) is 9.31. The Hall–Kier alpha value is -2.54. The van der Waals surface area contributed by atoms with Crippen molar-refractivity contribution in [3.8, 4) is 0 Å². The summed E-state index contributed by atoms with van der Waals surface area (Å²) in [6.07, 6.45) is 7.61. The van der Waals surface area contributed by atoms with Crippen LogP contribution in [-0.4, -0.2) is 26.9 Å². The minimum atomic E-state index is 0.0875. The first-order chi connectivity index (χ1) is 14.2. The summed E-state index contributed by atoms with van der Waals surface area (Å²) in [4.78, 5) is 26.2. The Morgan fingerprint density at radius 1 is 1.14 bits per heavy atom. The molecule has 0 spiro atoms. The van der Waals surface area contributed by atoms with Crippen LogP contribution in [0, 0.1) is 5.92 Å². The first kappa shape index (κ1) is 19.8. The lowest BCUT2D eigenvalue weighted by Crippen LogP contribution is -2.35. The van der Waals surface area contributed by atoms with E-state index in [0.29, 0.717) is 12.6 Å². The number of hydrogen-bond acceptors (Lipinski definition) is 6. The highest BCUT2D eigenvalue weighted by molar-refractivity contribution is 7.09. The fourth-order valence-corrected chi connectivity index (χ4v) is 4.72. The van der Waals surface area contributed by atoms with Gasteiger partial charge >= 0.3 is 0 Å². The van der Waals surface area contributed by atoms with Crippen LogP contribution < -0.4 is 10.6 Å². The number of aromatic nitrogens is 3. The molecule has 1 aliphatic rings. The third-order valence-electron chi connectivity index (χ3n) is 5.41. The number of amides is 1. The van der Waals surface area contributed by atoms with Gasteiger partial charge in [0.25, 0.3) is 0 Å². The van der Waals surface area contributed by atoms with Crippen molar-refractivity contribution in [1.82, 2.24) is 20.3 Å². The quantitative estimate of drug-likeness (QED) is 0.607. The highest BCUT2D eigenvalue weighted by Crippen LogP contribution is 2.27. The molecule has 2 aromatic heterocycles.